The molecule has 0 saturated heterocycles. The van der Waals surface area contributed by atoms with Crippen LogP contribution in [0.15, 0.2) is 27.8 Å². The van der Waals surface area contributed by atoms with Crippen LogP contribution in [0.2, 0.25) is 0 Å². The molecule has 74 valence electrons. The molecule has 1 heterocycles. The van der Waals surface area contributed by atoms with E-state index in [2.05, 4.69) is 32.1 Å². The zero-order valence-electron chi connectivity index (χ0n) is 7.38. The van der Waals surface area contributed by atoms with E-state index in [1.165, 1.54) is 12.1 Å². The van der Waals surface area contributed by atoms with Gasteiger partial charge in [-0.05, 0) is 18.2 Å². The van der Waals surface area contributed by atoms with Gasteiger partial charge in [0.1, 0.15) is 5.82 Å². The van der Waals surface area contributed by atoms with Gasteiger partial charge in [0, 0.05) is 17.1 Å². The van der Waals surface area contributed by atoms with Crippen molar-refractivity contribution < 1.29 is 4.39 Å². The van der Waals surface area contributed by atoms with Crippen LogP contribution >= 0.6 is 15.9 Å². The van der Waals surface area contributed by atoms with Gasteiger partial charge in [-0.2, -0.15) is 0 Å². The molecular weight excluding hydrogens is 251 g/mol. The Hall–Kier alpha value is -1.14. The Bertz CT molecular complexity index is 393. The summed E-state index contributed by atoms with van der Waals surface area (Å²) in [6.45, 7) is 0. The fourth-order valence-electron chi connectivity index (χ4n) is 1.19. The zero-order valence-corrected chi connectivity index (χ0v) is 8.97. The van der Waals surface area contributed by atoms with Crippen LogP contribution in [0.4, 0.5) is 4.39 Å². The van der Waals surface area contributed by atoms with Gasteiger partial charge >= 0.3 is 0 Å². The Kier molecular flexibility index (Phi) is 2.39. The number of hydrazone groups is 1. The molecule has 0 unspecified atom stereocenters. The second-order valence-electron chi connectivity index (χ2n) is 2.84. The Morgan fingerprint density at radius 1 is 1.50 bits per heavy atom. The molecule has 6 heteroatoms. The molecule has 2 N–H and O–H groups in total. The third-order valence-corrected chi connectivity index (χ3v) is 2.56. The van der Waals surface area contributed by atoms with E-state index in [1.54, 1.807) is 18.1 Å². The Morgan fingerprint density at radius 2 is 2.29 bits per heavy atom. The Labute approximate surface area is 88.9 Å². The molecule has 1 aliphatic rings. The van der Waals surface area contributed by atoms with Crippen molar-refractivity contribution in [3.63, 3.8) is 0 Å². The summed E-state index contributed by atoms with van der Waals surface area (Å²) in [6.07, 6.45) is 0. The molecule has 1 aromatic rings. The smallest absolute Gasteiger partial charge is 0.173 e. The lowest BCUT2D eigenvalue weighted by atomic mass is 10.2. The molecule has 2 rings (SSSR count). The van der Waals surface area contributed by atoms with Crippen LogP contribution < -0.4 is 11.1 Å². The van der Waals surface area contributed by atoms with Crippen LogP contribution in [0.1, 0.15) is 5.56 Å². The summed E-state index contributed by atoms with van der Waals surface area (Å²) in [4.78, 5) is 0. The number of amidine groups is 1. The maximum atomic E-state index is 13.0. The summed E-state index contributed by atoms with van der Waals surface area (Å²) in [7, 11) is 1.79. The minimum Gasteiger partial charge on any atom is -0.274 e. The molecule has 0 saturated carbocycles. The number of benzene rings is 1. The molecule has 0 bridgehead atoms. The Balaban J connectivity index is 2.45. The molecule has 0 aromatic heterocycles. The molecule has 14 heavy (non-hydrogen) atoms. The van der Waals surface area contributed by atoms with Gasteiger partial charge in [-0.3, -0.25) is 5.01 Å². The average Bonchev–Trinajstić information content (AvgIpc) is 2.56. The van der Waals surface area contributed by atoms with E-state index in [9.17, 15) is 4.39 Å². The maximum absolute atomic E-state index is 13.0. The first-order valence-corrected chi connectivity index (χ1v) is 4.75. The molecule has 0 fully saturated rings. The Morgan fingerprint density at radius 3 is 2.93 bits per heavy atom. The number of rotatable bonds is 1. The topological polar surface area (TPSA) is 39.7 Å². The third-order valence-electron chi connectivity index (χ3n) is 1.87. The van der Waals surface area contributed by atoms with Crippen molar-refractivity contribution in [1.29, 1.82) is 0 Å². The lowest BCUT2D eigenvalue weighted by molar-refractivity contribution is 0.349. The average molecular weight is 259 g/mol. The van der Waals surface area contributed by atoms with Crippen LogP contribution in [-0.4, -0.2) is 17.9 Å². The van der Waals surface area contributed by atoms with Crippen LogP contribution in [-0.2, 0) is 0 Å². The molecule has 0 spiro atoms. The number of hydrogen-bond acceptors (Lipinski definition) is 4. The molecule has 0 radical (unpaired) electrons. The fourth-order valence-corrected chi connectivity index (χ4v) is 1.61. The van der Waals surface area contributed by atoms with Crippen molar-refractivity contribution in [3.8, 4) is 0 Å². The highest BCUT2D eigenvalue weighted by Gasteiger charge is 2.17. The summed E-state index contributed by atoms with van der Waals surface area (Å²) < 4.78 is 13.8. The van der Waals surface area contributed by atoms with Crippen LogP contribution in [0.25, 0.3) is 0 Å². The van der Waals surface area contributed by atoms with E-state index in [1.807, 2.05) is 0 Å². The number of hydrazine groups is 2. The minimum absolute atomic E-state index is 0.286. The normalized spacial score (nSPS) is 15.4. The number of nitrogens with one attached hydrogen (secondary N) is 2. The molecule has 0 amide bonds. The van der Waals surface area contributed by atoms with Gasteiger partial charge in [0.15, 0.2) is 5.84 Å². The van der Waals surface area contributed by atoms with Gasteiger partial charge in [-0.15, -0.1) is 10.6 Å². The molecule has 0 atom stereocenters. The molecular formula is C8H8BrFN4. The first kappa shape index (κ1) is 9.42. The quantitative estimate of drug-likeness (QED) is 0.796. The van der Waals surface area contributed by atoms with E-state index in [0.29, 0.717) is 11.4 Å². The van der Waals surface area contributed by atoms with Gasteiger partial charge in [-0.1, -0.05) is 15.9 Å². The lowest BCUT2D eigenvalue weighted by Crippen LogP contribution is -2.37. The first-order chi connectivity index (χ1) is 6.68. The van der Waals surface area contributed by atoms with Crippen LogP contribution in [0, 0.1) is 5.82 Å². The minimum atomic E-state index is -0.286. The highest BCUT2D eigenvalue weighted by molar-refractivity contribution is 9.10. The molecule has 1 aliphatic heterocycles. The number of halogens is 2. The summed E-state index contributed by atoms with van der Waals surface area (Å²) in [5, 5.41) is 5.64. The zero-order chi connectivity index (χ0) is 10.1. The summed E-state index contributed by atoms with van der Waals surface area (Å²) in [5.41, 5.74) is 6.04. The monoisotopic (exact) mass is 258 g/mol. The van der Waals surface area contributed by atoms with Gasteiger partial charge in [-0.25, -0.2) is 9.93 Å². The maximum Gasteiger partial charge on any atom is 0.173 e. The van der Waals surface area contributed by atoms with E-state index in [-0.39, 0.29) is 5.82 Å². The molecule has 4 nitrogen and oxygen atoms in total. The highest BCUT2D eigenvalue weighted by atomic mass is 79.9. The largest absolute Gasteiger partial charge is 0.274 e. The van der Waals surface area contributed by atoms with Crippen molar-refractivity contribution in [1.82, 2.24) is 16.1 Å². The molecule has 1 aromatic carbocycles. The van der Waals surface area contributed by atoms with E-state index >= 15 is 0 Å². The van der Waals surface area contributed by atoms with Crippen molar-refractivity contribution >= 4 is 21.8 Å². The van der Waals surface area contributed by atoms with Crippen LogP contribution in [0.5, 0.6) is 0 Å². The van der Waals surface area contributed by atoms with E-state index in [0.717, 1.165) is 4.47 Å². The second-order valence-corrected chi connectivity index (χ2v) is 3.70. The fraction of sp³-hybridized carbons (Fsp3) is 0.125. The molecule has 0 aliphatic carbocycles. The number of nitrogens with zero attached hydrogens (tertiary/aromatic N) is 2. The predicted octanol–water partition coefficient (Wildman–Crippen LogP) is 1.20. The van der Waals surface area contributed by atoms with Crippen LogP contribution in [0.3, 0.4) is 0 Å². The van der Waals surface area contributed by atoms with E-state index < -0.39 is 0 Å². The van der Waals surface area contributed by atoms with E-state index in [4.69, 9.17) is 0 Å². The van der Waals surface area contributed by atoms with Crippen molar-refractivity contribution in [3.05, 3.63) is 34.1 Å². The van der Waals surface area contributed by atoms with Crippen molar-refractivity contribution in [2.75, 3.05) is 7.05 Å². The predicted molar refractivity (Wildman–Crippen MR) is 54.7 cm³/mol. The van der Waals surface area contributed by atoms with Gasteiger partial charge in [0.25, 0.3) is 0 Å². The number of hydrogen-bond donors (Lipinski definition) is 2. The standard InChI is InChI=1S/C8H8BrFN4/c1-14-8(11-12-13-14)6-4-5(10)2-3-7(6)9/h2-4,12-13H,1H3. The summed E-state index contributed by atoms with van der Waals surface area (Å²) >= 11 is 3.34. The summed E-state index contributed by atoms with van der Waals surface area (Å²) in [6, 6.07) is 4.47. The first-order valence-electron chi connectivity index (χ1n) is 3.96. The van der Waals surface area contributed by atoms with Gasteiger partial charge in [0.2, 0.25) is 0 Å². The van der Waals surface area contributed by atoms with Crippen molar-refractivity contribution in [2.24, 2.45) is 5.10 Å². The van der Waals surface area contributed by atoms with Gasteiger partial charge in [0.05, 0.1) is 0 Å². The second kappa shape index (κ2) is 3.55. The SMILES string of the molecule is CN1NNN=C1c1cc(F)ccc1Br. The van der Waals surface area contributed by atoms with Gasteiger partial charge < -0.3 is 0 Å². The summed E-state index contributed by atoms with van der Waals surface area (Å²) in [5.74, 6) is 0.350. The van der Waals surface area contributed by atoms with Crippen molar-refractivity contribution in [2.45, 2.75) is 0 Å². The third kappa shape index (κ3) is 1.58. The lowest BCUT2D eigenvalue weighted by Gasteiger charge is -2.13. The highest BCUT2D eigenvalue weighted by Crippen LogP contribution is 2.19.